The Morgan fingerprint density at radius 2 is 1.87 bits per heavy atom. The maximum absolute atomic E-state index is 6.54. The van der Waals surface area contributed by atoms with Crippen molar-refractivity contribution in [2.24, 2.45) is 5.10 Å². The van der Waals surface area contributed by atoms with E-state index in [9.17, 15) is 0 Å². The van der Waals surface area contributed by atoms with E-state index in [2.05, 4.69) is 40.7 Å². The molecular weight excluding hydrogens is 396 g/mol. The molecule has 30 heavy (non-hydrogen) atoms. The lowest BCUT2D eigenvalue weighted by Crippen LogP contribution is -2.33. The number of rotatable bonds is 6. The summed E-state index contributed by atoms with van der Waals surface area (Å²) in [5, 5.41) is 9.20. The molecule has 0 saturated carbocycles. The zero-order chi connectivity index (χ0) is 20.5. The molecular formula is C24H24N2O3S. The molecule has 0 spiro atoms. The Morgan fingerprint density at radius 1 is 1.03 bits per heavy atom. The lowest BCUT2D eigenvalue weighted by atomic mass is 9.97. The lowest BCUT2D eigenvalue weighted by Gasteiger charge is -2.38. The summed E-state index contributed by atoms with van der Waals surface area (Å²) in [6.45, 7) is 5.22. The summed E-state index contributed by atoms with van der Waals surface area (Å²) in [6, 6.07) is 18.5. The van der Waals surface area contributed by atoms with Crippen LogP contribution in [0.25, 0.3) is 0 Å². The van der Waals surface area contributed by atoms with Gasteiger partial charge in [0.1, 0.15) is 5.75 Å². The van der Waals surface area contributed by atoms with Crippen molar-refractivity contribution in [3.63, 3.8) is 0 Å². The van der Waals surface area contributed by atoms with Gasteiger partial charge >= 0.3 is 0 Å². The van der Waals surface area contributed by atoms with E-state index in [0.29, 0.717) is 13.2 Å². The van der Waals surface area contributed by atoms with Gasteiger partial charge in [-0.15, -0.1) is 11.3 Å². The highest BCUT2D eigenvalue weighted by Gasteiger charge is 2.42. The molecule has 2 aromatic carbocycles. The Bertz CT molecular complexity index is 1050. The fourth-order valence-electron chi connectivity index (χ4n) is 4.06. The SMILES string of the molecule is CCOc1ccc([C@H]2Oc3c(OCC)cccc3[C@@H]3CC(c4cccs4)=NN23)cc1. The molecule has 0 unspecified atom stereocenters. The fourth-order valence-corrected chi connectivity index (χ4v) is 4.78. The summed E-state index contributed by atoms with van der Waals surface area (Å²) in [4.78, 5) is 1.21. The van der Waals surface area contributed by atoms with Gasteiger partial charge in [0.05, 0.1) is 29.8 Å². The van der Waals surface area contributed by atoms with E-state index >= 15 is 0 Å². The van der Waals surface area contributed by atoms with Crippen LogP contribution in [0.5, 0.6) is 17.2 Å². The van der Waals surface area contributed by atoms with E-state index in [0.717, 1.165) is 40.5 Å². The Balaban J connectivity index is 1.57. The van der Waals surface area contributed by atoms with Gasteiger partial charge < -0.3 is 14.2 Å². The summed E-state index contributed by atoms with van der Waals surface area (Å²) >= 11 is 1.72. The fraction of sp³-hybridized carbons (Fsp3) is 0.292. The Morgan fingerprint density at radius 3 is 2.60 bits per heavy atom. The van der Waals surface area contributed by atoms with Gasteiger partial charge in [-0.2, -0.15) is 5.10 Å². The molecule has 0 amide bonds. The standard InChI is InChI=1S/C24H24N2O3S/c1-3-27-17-12-10-16(11-13-17)24-26-20(15-19(25-26)22-9-6-14-30-22)18-7-5-8-21(28-4-2)23(18)29-24/h5-14,20,24H,3-4,15H2,1-2H3/t20-,24+/m0/s1. The van der Waals surface area contributed by atoms with Crippen LogP contribution in [0.15, 0.2) is 65.1 Å². The number of benzene rings is 2. The molecule has 5 nitrogen and oxygen atoms in total. The van der Waals surface area contributed by atoms with Crippen LogP contribution >= 0.6 is 11.3 Å². The first-order valence-electron chi connectivity index (χ1n) is 10.3. The highest BCUT2D eigenvalue weighted by atomic mass is 32.1. The third-order valence-electron chi connectivity index (χ3n) is 5.36. The van der Waals surface area contributed by atoms with Crippen LogP contribution < -0.4 is 14.2 Å². The molecule has 2 aliphatic rings. The molecule has 0 aliphatic carbocycles. The van der Waals surface area contributed by atoms with Gasteiger partial charge in [0.25, 0.3) is 0 Å². The van der Waals surface area contributed by atoms with E-state index in [-0.39, 0.29) is 12.3 Å². The first-order chi connectivity index (χ1) is 14.8. The van der Waals surface area contributed by atoms with Gasteiger partial charge in [-0.3, -0.25) is 0 Å². The zero-order valence-corrected chi connectivity index (χ0v) is 17.9. The minimum atomic E-state index is -0.322. The minimum Gasteiger partial charge on any atom is -0.494 e. The molecule has 5 rings (SSSR count). The Hall–Kier alpha value is -2.99. The first-order valence-corrected chi connectivity index (χ1v) is 11.2. The monoisotopic (exact) mass is 420 g/mol. The molecule has 2 aliphatic heterocycles. The van der Waals surface area contributed by atoms with E-state index in [4.69, 9.17) is 19.3 Å². The maximum atomic E-state index is 6.54. The van der Waals surface area contributed by atoms with Crippen LogP contribution in [-0.2, 0) is 0 Å². The molecule has 0 radical (unpaired) electrons. The van der Waals surface area contributed by atoms with E-state index < -0.39 is 0 Å². The van der Waals surface area contributed by atoms with Gasteiger partial charge in [0.2, 0.25) is 6.23 Å². The number of hydrogen-bond donors (Lipinski definition) is 0. The van der Waals surface area contributed by atoms with E-state index in [1.165, 1.54) is 4.88 Å². The maximum Gasteiger partial charge on any atom is 0.214 e. The second-order valence-corrected chi connectivity index (χ2v) is 8.15. The van der Waals surface area contributed by atoms with Gasteiger partial charge in [-0.1, -0.05) is 18.2 Å². The summed E-state index contributed by atoms with van der Waals surface area (Å²) in [5.41, 5.74) is 3.26. The van der Waals surface area contributed by atoms with Crippen molar-refractivity contribution in [2.75, 3.05) is 13.2 Å². The highest BCUT2D eigenvalue weighted by molar-refractivity contribution is 7.12. The van der Waals surface area contributed by atoms with Crippen molar-refractivity contribution in [3.05, 3.63) is 76.0 Å². The van der Waals surface area contributed by atoms with Crippen molar-refractivity contribution in [1.29, 1.82) is 0 Å². The topological polar surface area (TPSA) is 43.3 Å². The smallest absolute Gasteiger partial charge is 0.214 e. The van der Waals surface area contributed by atoms with Crippen molar-refractivity contribution in [3.8, 4) is 17.2 Å². The van der Waals surface area contributed by atoms with Crippen molar-refractivity contribution in [2.45, 2.75) is 32.5 Å². The predicted molar refractivity (Wildman–Crippen MR) is 119 cm³/mol. The molecule has 3 aromatic rings. The molecule has 1 aromatic heterocycles. The van der Waals surface area contributed by atoms with Gasteiger partial charge in [0.15, 0.2) is 11.5 Å². The van der Waals surface area contributed by atoms with E-state index in [1.807, 2.05) is 38.1 Å². The van der Waals surface area contributed by atoms with Crippen LogP contribution in [0.4, 0.5) is 0 Å². The number of hydrazone groups is 1. The predicted octanol–water partition coefficient (Wildman–Crippen LogP) is 5.79. The van der Waals surface area contributed by atoms with Crippen LogP contribution in [0.2, 0.25) is 0 Å². The average Bonchev–Trinajstić information content (AvgIpc) is 3.45. The van der Waals surface area contributed by atoms with E-state index in [1.54, 1.807) is 11.3 Å². The molecule has 6 heteroatoms. The molecule has 0 saturated heterocycles. The summed E-state index contributed by atoms with van der Waals surface area (Å²) in [5.74, 6) is 2.46. The first kappa shape index (κ1) is 19.0. The number of hydrogen-bond acceptors (Lipinski definition) is 6. The van der Waals surface area contributed by atoms with Crippen LogP contribution in [-0.4, -0.2) is 23.9 Å². The Labute approximate surface area is 180 Å². The number of fused-ring (bicyclic) bond motifs is 3. The second kappa shape index (κ2) is 8.03. The molecule has 0 N–H and O–H groups in total. The summed E-state index contributed by atoms with van der Waals surface area (Å²) < 4.78 is 18.0. The second-order valence-electron chi connectivity index (χ2n) is 7.20. The highest BCUT2D eigenvalue weighted by Crippen LogP contribution is 2.51. The van der Waals surface area contributed by atoms with Crippen LogP contribution in [0.1, 0.15) is 48.5 Å². The number of nitrogens with zero attached hydrogens (tertiary/aromatic N) is 2. The minimum absolute atomic E-state index is 0.114. The normalized spacial score (nSPS) is 19.5. The molecule has 154 valence electrons. The number of thiophene rings is 1. The average molecular weight is 421 g/mol. The van der Waals surface area contributed by atoms with Crippen molar-refractivity contribution in [1.82, 2.24) is 5.01 Å². The summed E-state index contributed by atoms with van der Waals surface area (Å²) in [7, 11) is 0. The largest absolute Gasteiger partial charge is 0.494 e. The van der Waals surface area contributed by atoms with Gasteiger partial charge in [-0.05, 0) is 55.6 Å². The Kier molecular flexibility index (Phi) is 5.09. The number of para-hydroxylation sites is 1. The quantitative estimate of drug-likeness (QED) is 0.506. The third-order valence-corrected chi connectivity index (χ3v) is 6.28. The van der Waals surface area contributed by atoms with Gasteiger partial charge in [-0.25, -0.2) is 5.01 Å². The molecule has 3 heterocycles. The van der Waals surface area contributed by atoms with Crippen molar-refractivity contribution >= 4 is 17.0 Å². The van der Waals surface area contributed by atoms with Crippen LogP contribution in [0, 0.1) is 0 Å². The lowest BCUT2D eigenvalue weighted by molar-refractivity contribution is -0.0212. The van der Waals surface area contributed by atoms with Gasteiger partial charge in [0, 0.05) is 17.5 Å². The molecule has 0 fully saturated rings. The van der Waals surface area contributed by atoms with Crippen molar-refractivity contribution < 1.29 is 14.2 Å². The summed E-state index contributed by atoms with van der Waals surface area (Å²) in [6.07, 6.45) is 0.525. The third kappa shape index (κ3) is 3.31. The number of ether oxygens (including phenoxy) is 3. The van der Waals surface area contributed by atoms with Crippen LogP contribution in [0.3, 0.4) is 0 Å². The molecule has 2 atom stereocenters. The zero-order valence-electron chi connectivity index (χ0n) is 17.1. The molecule has 0 bridgehead atoms.